The van der Waals surface area contributed by atoms with Gasteiger partial charge in [0.25, 0.3) is 5.91 Å². The Kier molecular flexibility index (Phi) is 5.81. The zero-order valence-corrected chi connectivity index (χ0v) is 15.5. The molecule has 7 heteroatoms. The minimum atomic E-state index is -3.75. The number of carbonyl (C=O) groups is 1. The first-order chi connectivity index (χ1) is 11.8. The molecule has 0 fully saturated rings. The number of sulfonamides is 1. The monoisotopic (exact) mass is 362 g/mol. The molecule has 2 aromatic carbocycles. The lowest BCUT2D eigenvalue weighted by atomic mass is 10.1. The molecular formula is C18H22N2O4S. The summed E-state index contributed by atoms with van der Waals surface area (Å²) in [6, 6.07) is 10.0. The number of hydrogen-bond acceptors (Lipinski definition) is 4. The van der Waals surface area contributed by atoms with Crippen LogP contribution in [0.15, 0.2) is 41.3 Å². The minimum absolute atomic E-state index is 0.0639. The van der Waals surface area contributed by atoms with E-state index in [2.05, 4.69) is 10.0 Å². The first-order valence-electron chi connectivity index (χ1n) is 7.85. The van der Waals surface area contributed by atoms with Gasteiger partial charge < -0.3 is 10.1 Å². The molecule has 0 atom stereocenters. The molecule has 2 rings (SSSR count). The molecular weight excluding hydrogens is 340 g/mol. The van der Waals surface area contributed by atoms with Crippen LogP contribution in [0.4, 0.5) is 5.69 Å². The van der Waals surface area contributed by atoms with Crippen molar-refractivity contribution in [2.24, 2.45) is 0 Å². The number of ether oxygens (including phenoxy) is 1. The third-order valence-corrected chi connectivity index (χ3v) is 5.34. The summed E-state index contributed by atoms with van der Waals surface area (Å²) in [7, 11) is -2.37. The van der Waals surface area contributed by atoms with E-state index >= 15 is 0 Å². The maximum absolute atomic E-state index is 12.6. The predicted octanol–water partition coefficient (Wildman–Crippen LogP) is 2.86. The van der Waals surface area contributed by atoms with Gasteiger partial charge in [0.2, 0.25) is 10.0 Å². The lowest BCUT2D eigenvalue weighted by Crippen LogP contribution is -2.24. The SMILES string of the molecule is CCNS(=O)(=O)c1cc(C(=O)Nc2c(C)cccc2C)ccc1OC. The van der Waals surface area contributed by atoms with Crippen LogP contribution in [0.5, 0.6) is 5.75 Å². The molecule has 134 valence electrons. The van der Waals surface area contributed by atoms with Gasteiger partial charge in [-0.1, -0.05) is 25.1 Å². The van der Waals surface area contributed by atoms with Crippen LogP contribution in [-0.4, -0.2) is 28.0 Å². The Morgan fingerprint density at radius 1 is 1.12 bits per heavy atom. The van der Waals surface area contributed by atoms with E-state index in [0.29, 0.717) is 0 Å². The Hall–Kier alpha value is -2.38. The van der Waals surface area contributed by atoms with Crippen LogP contribution in [0.3, 0.4) is 0 Å². The zero-order valence-electron chi connectivity index (χ0n) is 14.7. The highest BCUT2D eigenvalue weighted by atomic mass is 32.2. The maximum Gasteiger partial charge on any atom is 0.255 e. The molecule has 0 aromatic heterocycles. The number of carbonyl (C=O) groups excluding carboxylic acids is 1. The summed E-state index contributed by atoms with van der Waals surface area (Å²) in [5.74, 6) is -0.197. The molecule has 1 amide bonds. The van der Waals surface area contributed by atoms with Gasteiger partial charge in [0, 0.05) is 17.8 Å². The summed E-state index contributed by atoms with van der Waals surface area (Å²) in [6.07, 6.45) is 0. The molecule has 0 radical (unpaired) electrons. The van der Waals surface area contributed by atoms with Gasteiger partial charge in [0.1, 0.15) is 10.6 Å². The van der Waals surface area contributed by atoms with E-state index in [0.717, 1.165) is 16.8 Å². The van der Waals surface area contributed by atoms with E-state index in [1.807, 2.05) is 32.0 Å². The molecule has 25 heavy (non-hydrogen) atoms. The van der Waals surface area contributed by atoms with Crippen molar-refractivity contribution in [3.05, 3.63) is 53.1 Å². The Morgan fingerprint density at radius 3 is 2.32 bits per heavy atom. The number of anilines is 1. The molecule has 0 saturated carbocycles. The van der Waals surface area contributed by atoms with Gasteiger partial charge in [-0.05, 0) is 43.2 Å². The third kappa shape index (κ3) is 4.18. The third-order valence-electron chi connectivity index (χ3n) is 3.77. The largest absolute Gasteiger partial charge is 0.495 e. The van der Waals surface area contributed by atoms with Crippen molar-refractivity contribution in [2.45, 2.75) is 25.7 Å². The highest BCUT2D eigenvalue weighted by molar-refractivity contribution is 7.89. The first kappa shape index (κ1) is 19.0. The first-order valence-corrected chi connectivity index (χ1v) is 9.33. The normalized spacial score (nSPS) is 11.2. The Bertz CT molecular complexity index is 872. The Labute approximate surface area is 148 Å². The van der Waals surface area contributed by atoms with E-state index in [4.69, 9.17) is 4.74 Å². The second-order valence-corrected chi connectivity index (χ2v) is 7.32. The minimum Gasteiger partial charge on any atom is -0.495 e. The summed E-state index contributed by atoms with van der Waals surface area (Å²) in [4.78, 5) is 12.5. The molecule has 2 N–H and O–H groups in total. The van der Waals surface area contributed by atoms with Gasteiger partial charge >= 0.3 is 0 Å². The predicted molar refractivity (Wildman–Crippen MR) is 97.7 cm³/mol. The van der Waals surface area contributed by atoms with E-state index < -0.39 is 10.0 Å². The molecule has 0 bridgehead atoms. The highest BCUT2D eigenvalue weighted by Crippen LogP contribution is 2.26. The number of benzene rings is 2. The smallest absolute Gasteiger partial charge is 0.255 e. The van der Waals surface area contributed by atoms with E-state index in [-0.39, 0.29) is 28.7 Å². The number of aryl methyl sites for hydroxylation is 2. The Balaban J connectivity index is 2.41. The van der Waals surface area contributed by atoms with Crippen molar-refractivity contribution < 1.29 is 17.9 Å². The molecule has 0 unspecified atom stereocenters. The van der Waals surface area contributed by atoms with Gasteiger partial charge in [0.05, 0.1) is 7.11 Å². The summed E-state index contributed by atoms with van der Waals surface area (Å²) in [5, 5.41) is 2.85. The number of methoxy groups -OCH3 is 1. The van der Waals surface area contributed by atoms with E-state index in [1.165, 1.54) is 25.3 Å². The molecule has 6 nitrogen and oxygen atoms in total. The van der Waals surface area contributed by atoms with Crippen LogP contribution in [0.1, 0.15) is 28.4 Å². The van der Waals surface area contributed by atoms with Crippen LogP contribution in [0.25, 0.3) is 0 Å². The van der Waals surface area contributed by atoms with Gasteiger partial charge in [-0.25, -0.2) is 13.1 Å². The number of hydrogen-bond donors (Lipinski definition) is 2. The Morgan fingerprint density at radius 2 is 1.76 bits per heavy atom. The fourth-order valence-electron chi connectivity index (χ4n) is 2.49. The van der Waals surface area contributed by atoms with Crippen LogP contribution >= 0.6 is 0 Å². The fourth-order valence-corrected chi connectivity index (χ4v) is 3.73. The topological polar surface area (TPSA) is 84.5 Å². The van der Waals surface area contributed by atoms with Gasteiger partial charge in [-0.15, -0.1) is 0 Å². The molecule has 0 spiro atoms. The fraction of sp³-hybridized carbons (Fsp3) is 0.278. The number of nitrogens with one attached hydrogen (secondary N) is 2. The lowest BCUT2D eigenvalue weighted by molar-refractivity contribution is 0.102. The van der Waals surface area contributed by atoms with Crippen molar-refractivity contribution in [1.82, 2.24) is 4.72 Å². The van der Waals surface area contributed by atoms with Gasteiger partial charge in [0.15, 0.2) is 0 Å². The quantitative estimate of drug-likeness (QED) is 0.827. The van der Waals surface area contributed by atoms with Crippen LogP contribution < -0.4 is 14.8 Å². The van der Waals surface area contributed by atoms with Crippen LogP contribution in [0, 0.1) is 13.8 Å². The molecule has 0 aliphatic carbocycles. The second kappa shape index (κ2) is 7.67. The van der Waals surface area contributed by atoms with Crippen molar-refractivity contribution in [3.63, 3.8) is 0 Å². The van der Waals surface area contributed by atoms with E-state index in [9.17, 15) is 13.2 Å². The number of amides is 1. The molecule has 2 aromatic rings. The van der Waals surface area contributed by atoms with Crippen molar-refractivity contribution in [3.8, 4) is 5.75 Å². The summed E-state index contributed by atoms with van der Waals surface area (Å²) in [5.41, 5.74) is 2.82. The number of para-hydroxylation sites is 1. The summed E-state index contributed by atoms with van der Waals surface area (Å²) >= 11 is 0. The number of rotatable bonds is 6. The van der Waals surface area contributed by atoms with Gasteiger partial charge in [-0.2, -0.15) is 0 Å². The summed E-state index contributed by atoms with van der Waals surface area (Å²) in [6.45, 7) is 5.72. The van der Waals surface area contributed by atoms with Crippen LogP contribution in [-0.2, 0) is 10.0 Å². The van der Waals surface area contributed by atoms with E-state index in [1.54, 1.807) is 6.92 Å². The zero-order chi connectivity index (χ0) is 18.6. The van der Waals surface area contributed by atoms with Crippen molar-refractivity contribution in [2.75, 3.05) is 19.0 Å². The van der Waals surface area contributed by atoms with Crippen LogP contribution in [0.2, 0.25) is 0 Å². The molecule has 0 aliphatic heterocycles. The van der Waals surface area contributed by atoms with Crippen molar-refractivity contribution >= 4 is 21.6 Å². The maximum atomic E-state index is 12.6. The van der Waals surface area contributed by atoms with Crippen molar-refractivity contribution in [1.29, 1.82) is 0 Å². The lowest BCUT2D eigenvalue weighted by Gasteiger charge is -2.14. The average Bonchev–Trinajstić information content (AvgIpc) is 2.57. The molecule has 0 saturated heterocycles. The average molecular weight is 362 g/mol. The van der Waals surface area contributed by atoms with Gasteiger partial charge in [-0.3, -0.25) is 4.79 Å². The second-order valence-electron chi connectivity index (χ2n) is 5.59. The summed E-state index contributed by atoms with van der Waals surface area (Å²) < 4.78 is 32.2. The standard InChI is InChI=1S/C18H22N2O4S/c1-5-19-25(22,23)16-11-14(9-10-15(16)24-4)18(21)20-17-12(2)7-6-8-13(17)3/h6-11,19H,5H2,1-4H3,(H,20,21). The molecule has 0 aliphatic rings. The molecule has 0 heterocycles. The highest BCUT2D eigenvalue weighted by Gasteiger charge is 2.21.